The van der Waals surface area contributed by atoms with Crippen LogP contribution < -0.4 is 4.74 Å². The summed E-state index contributed by atoms with van der Waals surface area (Å²) in [5, 5.41) is 8.77. The Labute approximate surface area is 103 Å². The maximum absolute atomic E-state index is 8.77. The first-order valence-electron chi connectivity index (χ1n) is 5.23. The number of halogens is 1. The molecule has 0 amide bonds. The van der Waals surface area contributed by atoms with Crippen molar-refractivity contribution < 1.29 is 9.47 Å². The Hall–Kier alpha value is -1.05. The number of nitrogens with zero attached hydrogens (tertiary/aromatic N) is 1. The second-order valence-electron chi connectivity index (χ2n) is 3.70. The average molecular weight is 282 g/mol. The van der Waals surface area contributed by atoms with Gasteiger partial charge in [0.2, 0.25) is 0 Å². The number of ether oxygens (including phenoxy) is 2. The summed E-state index contributed by atoms with van der Waals surface area (Å²) in [6.07, 6.45) is 2.40. The highest BCUT2D eigenvalue weighted by Crippen LogP contribution is 2.23. The van der Waals surface area contributed by atoms with Gasteiger partial charge in [0.15, 0.2) is 0 Å². The van der Waals surface area contributed by atoms with E-state index < -0.39 is 0 Å². The van der Waals surface area contributed by atoms with Crippen LogP contribution in [0.5, 0.6) is 5.75 Å². The molecule has 0 N–H and O–H groups in total. The molecule has 1 saturated heterocycles. The van der Waals surface area contributed by atoms with Gasteiger partial charge in [-0.3, -0.25) is 0 Å². The van der Waals surface area contributed by atoms with E-state index in [4.69, 9.17) is 14.7 Å². The number of benzene rings is 1. The van der Waals surface area contributed by atoms with Gasteiger partial charge < -0.3 is 9.47 Å². The first-order chi connectivity index (χ1) is 7.79. The van der Waals surface area contributed by atoms with Gasteiger partial charge in [0.25, 0.3) is 0 Å². The molecule has 3 nitrogen and oxygen atoms in total. The molecule has 1 aliphatic heterocycles. The third kappa shape index (κ3) is 2.75. The molecule has 1 aromatic carbocycles. The van der Waals surface area contributed by atoms with E-state index in [9.17, 15) is 0 Å². The van der Waals surface area contributed by atoms with E-state index in [1.807, 2.05) is 6.07 Å². The fourth-order valence-corrected chi connectivity index (χ4v) is 2.09. The van der Waals surface area contributed by atoms with Crippen molar-refractivity contribution in [3.05, 3.63) is 28.2 Å². The van der Waals surface area contributed by atoms with Crippen molar-refractivity contribution in [2.24, 2.45) is 0 Å². The van der Waals surface area contributed by atoms with Gasteiger partial charge in [-0.15, -0.1) is 0 Å². The molecule has 0 aliphatic carbocycles. The smallest absolute Gasteiger partial charge is 0.120 e. The van der Waals surface area contributed by atoms with Crippen molar-refractivity contribution in [2.75, 3.05) is 13.2 Å². The van der Waals surface area contributed by atoms with E-state index in [1.165, 1.54) is 0 Å². The van der Waals surface area contributed by atoms with Crippen LogP contribution in [0.3, 0.4) is 0 Å². The quantitative estimate of drug-likeness (QED) is 0.856. The lowest BCUT2D eigenvalue weighted by atomic mass is 10.2. The molecule has 4 heteroatoms. The fraction of sp³-hybridized carbons (Fsp3) is 0.417. The Morgan fingerprint density at radius 2 is 2.44 bits per heavy atom. The Morgan fingerprint density at radius 1 is 1.56 bits per heavy atom. The summed E-state index contributed by atoms with van der Waals surface area (Å²) in [5.74, 6) is 0.765. The average Bonchev–Trinajstić information content (AvgIpc) is 2.79. The van der Waals surface area contributed by atoms with Gasteiger partial charge in [-0.1, -0.05) is 0 Å². The second-order valence-corrected chi connectivity index (χ2v) is 4.55. The molecule has 1 aromatic rings. The number of rotatable bonds is 3. The summed E-state index contributed by atoms with van der Waals surface area (Å²) in [6.45, 7) is 1.42. The minimum absolute atomic E-state index is 0.217. The zero-order chi connectivity index (χ0) is 11.4. The van der Waals surface area contributed by atoms with Crippen molar-refractivity contribution in [2.45, 2.75) is 18.9 Å². The fourth-order valence-electron chi connectivity index (χ4n) is 1.64. The van der Waals surface area contributed by atoms with E-state index in [0.29, 0.717) is 12.2 Å². The van der Waals surface area contributed by atoms with Gasteiger partial charge in [-0.2, -0.15) is 5.26 Å². The predicted octanol–water partition coefficient (Wildman–Crippen LogP) is 2.88. The lowest BCUT2D eigenvalue weighted by Crippen LogP contribution is -2.16. The van der Waals surface area contributed by atoms with Gasteiger partial charge in [-0.25, -0.2) is 0 Å². The van der Waals surface area contributed by atoms with Crippen LogP contribution in [-0.4, -0.2) is 19.3 Å². The van der Waals surface area contributed by atoms with Crippen molar-refractivity contribution in [1.82, 2.24) is 0 Å². The molecule has 1 heterocycles. The first-order valence-corrected chi connectivity index (χ1v) is 6.03. The summed E-state index contributed by atoms with van der Waals surface area (Å²) in [6, 6.07) is 7.45. The van der Waals surface area contributed by atoms with Gasteiger partial charge in [0.05, 0.1) is 11.7 Å². The van der Waals surface area contributed by atoms with Crippen molar-refractivity contribution in [3.8, 4) is 11.8 Å². The zero-order valence-corrected chi connectivity index (χ0v) is 10.4. The molecular formula is C12H12BrNO2. The third-order valence-corrected chi connectivity index (χ3v) is 3.18. The number of hydrogen-bond donors (Lipinski definition) is 0. The molecule has 1 fully saturated rings. The second kappa shape index (κ2) is 5.33. The summed E-state index contributed by atoms with van der Waals surface area (Å²) in [5.41, 5.74) is 0.615. The minimum Gasteiger partial charge on any atom is -0.491 e. The van der Waals surface area contributed by atoms with Gasteiger partial charge in [-0.05, 0) is 47.0 Å². The lowest BCUT2D eigenvalue weighted by molar-refractivity contribution is 0.0679. The highest BCUT2D eigenvalue weighted by Gasteiger charge is 2.16. The Bertz CT molecular complexity index is 408. The van der Waals surface area contributed by atoms with Crippen LogP contribution >= 0.6 is 15.9 Å². The Morgan fingerprint density at radius 3 is 3.06 bits per heavy atom. The Balaban J connectivity index is 1.94. The molecule has 0 radical (unpaired) electrons. The topological polar surface area (TPSA) is 42.2 Å². The van der Waals surface area contributed by atoms with Gasteiger partial charge >= 0.3 is 0 Å². The standard InChI is InChI=1S/C12H12BrNO2/c13-12-6-10(4-3-9(12)7-14)16-8-11-2-1-5-15-11/h3-4,6,11H,1-2,5,8H2. The minimum atomic E-state index is 0.217. The van der Waals surface area contributed by atoms with Gasteiger partial charge in [0.1, 0.15) is 18.4 Å². The lowest BCUT2D eigenvalue weighted by Gasteiger charge is -2.11. The van der Waals surface area contributed by atoms with Crippen LogP contribution in [0.4, 0.5) is 0 Å². The van der Waals surface area contributed by atoms with E-state index >= 15 is 0 Å². The molecule has 0 saturated carbocycles. The van der Waals surface area contributed by atoms with Crippen molar-refractivity contribution in [1.29, 1.82) is 5.26 Å². The summed E-state index contributed by atoms with van der Waals surface area (Å²) in [7, 11) is 0. The van der Waals surface area contributed by atoms with Crippen molar-refractivity contribution in [3.63, 3.8) is 0 Å². The summed E-state index contributed by atoms with van der Waals surface area (Å²) < 4.78 is 11.8. The highest BCUT2D eigenvalue weighted by atomic mass is 79.9. The van der Waals surface area contributed by atoms with E-state index in [0.717, 1.165) is 29.7 Å². The van der Waals surface area contributed by atoms with Crippen molar-refractivity contribution >= 4 is 15.9 Å². The van der Waals surface area contributed by atoms with Gasteiger partial charge in [0, 0.05) is 11.1 Å². The molecule has 1 aliphatic rings. The molecule has 2 rings (SSSR count). The van der Waals surface area contributed by atoms with Crippen LogP contribution in [0.2, 0.25) is 0 Å². The molecule has 0 aromatic heterocycles. The first kappa shape index (κ1) is 11.4. The normalized spacial score (nSPS) is 19.4. The summed E-state index contributed by atoms with van der Waals surface area (Å²) >= 11 is 3.33. The molecular weight excluding hydrogens is 270 g/mol. The summed E-state index contributed by atoms with van der Waals surface area (Å²) in [4.78, 5) is 0. The largest absolute Gasteiger partial charge is 0.491 e. The molecule has 16 heavy (non-hydrogen) atoms. The number of nitriles is 1. The molecule has 0 spiro atoms. The maximum atomic E-state index is 8.77. The monoisotopic (exact) mass is 281 g/mol. The van der Waals surface area contributed by atoms with Crippen LogP contribution in [0.15, 0.2) is 22.7 Å². The maximum Gasteiger partial charge on any atom is 0.120 e. The van der Waals surface area contributed by atoms with Crippen LogP contribution in [-0.2, 0) is 4.74 Å². The van der Waals surface area contributed by atoms with E-state index in [1.54, 1.807) is 12.1 Å². The molecule has 0 bridgehead atoms. The SMILES string of the molecule is N#Cc1ccc(OCC2CCCO2)cc1Br. The molecule has 1 atom stereocenters. The molecule has 1 unspecified atom stereocenters. The highest BCUT2D eigenvalue weighted by molar-refractivity contribution is 9.10. The van der Waals surface area contributed by atoms with Crippen LogP contribution in [0.1, 0.15) is 18.4 Å². The van der Waals surface area contributed by atoms with Crippen LogP contribution in [0, 0.1) is 11.3 Å². The zero-order valence-electron chi connectivity index (χ0n) is 8.78. The van der Waals surface area contributed by atoms with Crippen LogP contribution in [0.25, 0.3) is 0 Å². The van der Waals surface area contributed by atoms with E-state index in [2.05, 4.69) is 22.0 Å². The third-order valence-electron chi connectivity index (χ3n) is 2.52. The molecule has 84 valence electrons. The van der Waals surface area contributed by atoms with E-state index in [-0.39, 0.29) is 6.10 Å². The Kier molecular flexibility index (Phi) is 3.81. The predicted molar refractivity (Wildman–Crippen MR) is 63.3 cm³/mol. The number of hydrogen-bond acceptors (Lipinski definition) is 3.